The van der Waals surface area contributed by atoms with Crippen LogP contribution in [0.5, 0.6) is 5.75 Å². The van der Waals surface area contributed by atoms with Crippen LogP contribution in [0.15, 0.2) is 78.0 Å². The molecule has 0 amide bonds. The van der Waals surface area contributed by atoms with Crippen LogP contribution < -0.4 is 4.90 Å². The van der Waals surface area contributed by atoms with Crippen molar-refractivity contribution in [3.63, 3.8) is 0 Å². The van der Waals surface area contributed by atoms with Crippen LogP contribution >= 0.6 is 0 Å². The summed E-state index contributed by atoms with van der Waals surface area (Å²) in [5, 5.41) is 19.6. The van der Waals surface area contributed by atoms with E-state index in [0.29, 0.717) is 23.3 Å². The van der Waals surface area contributed by atoms with E-state index in [-0.39, 0.29) is 11.5 Å². The van der Waals surface area contributed by atoms with Gasteiger partial charge < -0.3 is 19.8 Å². The minimum Gasteiger partial charge on any atom is -0.508 e. The predicted molar refractivity (Wildman–Crippen MR) is 108 cm³/mol. The first-order valence-electron chi connectivity index (χ1n) is 9.08. The second-order valence-corrected chi connectivity index (χ2v) is 6.82. The van der Waals surface area contributed by atoms with Gasteiger partial charge in [0.15, 0.2) is 5.78 Å². The molecular weight excluding hydrogens is 370 g/mol. The van der Waals surface area contributed by atoms with Crippen molar-refractivity contribution in [3.05, 3.63) is 89.2 Å². The van der Waals surface area contributed by atoms with Crippen LogP contribution in [0.4, 0.5) is 5.69 Å². The SMILES string of the molecule is COC(=O)c1ccc(C2=C3C(=O)C(O)C=CC3=CN(c3ccc(O)cc3)C2)cc1. The van der Waals surface area contributed by atoms with Gasteiger partial charge in [0.25, 0.3) is 0 Å². The molecule has 1 unspecified atom stereocenters. The maximum Gasteiger partial charge on any atom is 0.337 e. The number of esters is 1. The van der Waals surface area contributed by atoms with Crippen LogP contribution in [-0.2, 0) is 9.53 Å². The fourth-order valence-corrected chi connectivity index (χ4v) is 3.52. The minimum atomic E-state index is -1.17. The number of methoxy groups -OCH3 is 1. The van der Waals surface area contributed by atoms with E-state index in [9.17, 15) is 19.8 Å². The molecule has 0 saturated carbocycles. The number of hydrogen-bond acceptors (Lipinski definition) is 6. The molecular formula is C23H19NO5. The third-order valence-electron chi connectivity index (χ3n) is 5.02. The Morgan fingerprint density at radius 3 is 2.45 bits per heavy atom. The number of aliphatic hydroxyl groups excluding tert-OH is 1. The molecule has 0 bridgehead atoms. The molecule has 0 saturated heterocycles. The van der Waals surface area contributed by atoms with Crippen molar-refractivity contribution in [1.82, 2.24) is 0 Å². The van der Waals surface area contributed by atoms with Crippen LogP contribution in [-0.4, -0.2) is 41.7 Å². The maximum absolute atomic E-state index is 12.7. The van der Waals surface area contributed by atoms with Crippen molar-refractivity contribution < 1.29 is 24.5 Å². The zero-order chi connectivity index (χ0) is 20.5. The summed E-state index contributed by atoms with van der Waals surface area (Å²) in [4.78, 5) is 26.4. The number of carbonyl (C=O) groups is 2. The topological polar surface area (TPSA) is 87.1 Å². The number of aromatic hydroxyl groups is 1. The molecule has 2 N–H and O–H groups in total. The third kappa shape index (κ3) is 3.46. The molecule has 2 aromatic rings. The van der Waals surface area contributed by atoms with E-state index in [2.05, 4.69) is 0 Å². The first-order valence-corrected chi connectivity index (χ1v) is 9.08. The minimum absolute atomic E-state index is 0.170. The molecule has 1 aliphatic heterocycles. The molecule has 2 aliphatic rings. The number of rotatable bonds is 3. The van der Waals surface area contributed by atoms with Crippen molar-refractivity contribution in [2.24, 2.45) is 0 Å². The molecule has 4 rings (SSSR count). The molecule has 0 aromatic heterocycles. The summed E-state index contributed by atoms with van der Waals surface area (Å²) in [6.45, 7) is 0.396. The Kier molecular flexibility index (Phi) is 4.78. The fraction of sp³-hybridized carbons (Fsp3) is 0.130. The van der Waals surface area contributed by atoms with Gasteiger partial charge in [-0.2, -0.15) is 0 Å². The second kappa shape index (κ2) is 7.41. The van der Waals surface area contributed by atoms with Gasteiger partial charge in [-0.05, 0) is 53.6 Å². The Bertz CT molecular complexity index is 1060. The summed E-state index contributed by atoms with van der Waals surface area (Å²) in [6, 6.07) is 13.6. The standard InChI is InChI=1S/C23H19NO5/c1-29-23(28)15-4-2-14(3-5-15)19-13-24(17-7-9-18(25)10-8-17)12-16-6-11-20(26)22(27)21(16)19/h2-12,20,25-26H,13H2,1H3. The summed E-state index contributed by atoms with van der Waals surface area (Å²) in [6.07, 6.45) is 3.88. The molecule has 1 aliphatic carbocycles. The molecule has 146 valence electrons. The lowest BCUT2D eigenvalue weighted by Gasteiger charge is -2.32. The number of ether oxygens (including phenoxy) is 1. The van der Waals surface area contributed by atoms with Gasteiger partial charge in [-0.25, -0.2) is 4.79 Å². The highest BCUT2D eigenvalue weighted by Gasteiger charge is 2.31. The second-order valence-electron chi connectivity index (χ2n) is 6.82. The summed E-state index contributed by atoms with van der Waals surface area (Å²) >= 11 is 0. The summed E-state index contributed by atoms with van der Waals surface area (Å²) in [7, 11) is 1.32. The number of ketones is 1. The summed E-state index contributed by atoms with van der Waals surface area (Å²) < 4.78 is 4.74. The Labute approximate surface area is 167 Å². The Balaban J connectivity index is 1.80. The number of hydrogen-bond donors (Lipinski definition) is 2. The molecule has 0 spiro atoms. The van der Waals surface area contributed by atoms with Gasteiger partial charge in [0.1, 0.15) is 11.9 Å². The van der Waals surface area contributed by atoms with Crippen LogP contribution in [0.25, 0.3) is 5.57 Å². The van der Waals surface area contributed by atoms with Crippen LogP contribution in [0.3, 0.4) is 0 Å². The van der Waals surface area contributed by atoms with E-state index in [1.807, 2.05) is 11.1 Å². The number of aliphatic hydroxyl groups is 1. The quantitative estimate of drug-likeness (QED) is 0.785. The molecule has 0 radical (unpaired) electrons. The highest BCUT2D eigenvalue weighted by molar-refractivity contribution is 6.13. The third-order valence-corrected chi connectivity index (χ3v) is 5.02. The average Bonchev–Trinajstić information content (AvgIpc) is 2.75. The smallest absolute Gasteiger partial charge is 0.337 e. The predicted octanol–water partition coefficient (Wildman–Crippen LogP) is 2.84. The lowest BCUT2D eigenvalue weighted by atomic mass is 9.84. The van der Waals surface area contributed by atoms with E-state index in [1.54, 1.807) is 54.6 Å². The number of allylic oxidation sites excluding steroid dienone is 2. The first-order chi connectivity index (χ1) is 14.0. The van der Waals surface area contributed by atoms with Gasteiger partial charge in [0, 0.05) is 29.6 Å². The number of fused-ring (bicyclic) bond motifs is 1. The van der Waals surface area contributed by atoms with Gasteiger partial charge in [-0.15, -0.1) is 0 Å². The van der Waals surface area contributed by atoms with Crippen molar-refractivity contribution in [2.45, 2.75) is 6.10 Å². The average molecular weight is 389 g/mol. The number of nitrogens with zero attached hydrogens (tertiary/aromatic N) is 1. The van der Waals surface area contributed by atoms with Crippen molar-refractivity contribution in [2.75, 3.05) is 18.6 Å². The summed E-state index contributed by atoms with van der Waals surface area (Å²) in [5.41, 5.74) is 3.97. The highest BCUT2D eigenvalue weighted by atomic mass is 16.5. The van der Waals surface area contributed by atoms with Gasteiger partial charge in [-0.1, -0.05) is 18.2 Å². The molecule has 0 fully saturated rings. The number of Topliss-reactive ketones (excluding diaryl/α,β-unsaturated/α-hetero) is 1. The lowest BCUT2D eigenvalue weighted by molar-refractivity contribution is -0.121. The molecule has 1 heterocycles. The maximum atomic E-state index is 12.7. The van der Waals surface area contributed by atoms with E-state index in [4.69, 9.17) is 4.74 Å². The van der Waals surface area contributed by atoms with Gasteiger partial charge in [-0.3, -0.25) is 4.79 Å². The van der Waals surface area contributed by atoms with Gasteiger partial charge in [0.05, 0.1) is 12.7 Å². The molecule has 2 aromatic carbocycles. The normalized spacial score (nSPS) is 18.4. The van der Waals surface area contributed by atoms with Crippen molar-refractivity contribution >= 4 is 23.0 Å². The largest absolute Gasteiger partial charge is 0.508 e. The van der Waals surface area contributed by atoms with E-state index < -0.39 is 12.1 Å². The van der Waals surface area contributed by atoms with Crippen LogP contribution in [0.1, 0.15) is 15.9 Å². The number of benzene rings is 2. The van der Waals surface area contributed by atoms with Gasteiger partial charge in [0.2, 0.25) is 0 Å². The molecule has 6 heteroatoms. The number of phenols is 1. The van der Waals surface area contributed by atoms with E-state index in [1.165, 1.54) is 13.2 Å². The van der Waals surface area contributed by atoms with Crippen molar-refractivity contribution in [3.8, 4) is 5.75 Å². The Hall–Kier alpha value is -3.64. The lowest BCUT2D eigenvalue weighted by Crippen LogP contribution is -2.32. The number of anilines is 1. The number of phenolic OH excluding ortho intramolecular Hbond substituents is 1. The van der Waals surface area contributed by atoms with Gasteiger partial charge >= 0.3 is 5.97 Å². The molecule has 6 nitrogen and oxygen atoms in total. The fourth-order valence-electron chi connectivity index (χ4n) is 3.52. The molecule has 1 atom stereocenters. The monoisotopic (exact) mass is 389 g/mol. The molecule has 29 heavy (non-hydrogen) atoms. The van der Waals surface area contributed by atoms with E-state index >= 15 is 0 Å². The van der Waals surface area contributed by atoms with Crippen LogP contribution in [0, 0.1) is 0 Å². The Morgan fingerprint density at radius 1 is 1.10 bits per heavy atom. The Morgan fingerprint density at radius 2 is 1.79 bits per heavy atom. The first kappa shape index (κ1) is 18.7. The number of carbonyl (C=O) groups excluding carboxylic acids is 2. The zero-order valence-electron chi connectivity index (χ0n) is 15.7. The van der Waals surface area contributed by atoms with Crippen molar-refractivity contribution in [1.29, 1.82) is 0 Å². The summed E-state index contributed by atoms with van der Waals surface area (Å²) in [5.74, 6) is -0.614. The zero-order valence-corrected chi connectivity index (χ0v) is 15.7. The highest BCUT2D eigenvalue weighted by Crippen LogP contribution is 2.36. The van der Waals surface area contributed by atoms with E-state index in [0.717, 1.165) is 16.8 Å². The van der Waals surface area contributed by atoms with Crippen LogP contribution in [0.2, 0.25) is 0 Å².